The molecule has 0 saturated carbocycles. The standard InChI is InChI=1S/C5H10O2S/c1-3-8-5(6)4-7-2/h3-4H2,1-2H3. The molecule has 3 heteroatoms. The normalized spacial score (nSPS) is 9.25. The molecule has 0 amide bonds. The molecule has 8 heavy (non-hydrogen) atoms. The fourth-order valence-corrected chi connectivity index (χ4v) is 0.844. The van der Waals surface area contributed by atoms with Gasteiger partial charge in [-0.05, 0) is 5.75 Å². The third kappa shape index (κ3) is 4.15. The number of rotatable bonds is 3. The van der Waals surface area contributed by atoms with Crippen molar-refractivity contribution in [3.05, 3.63) is 0 Å². The highest BCUT2D eigenvalue weighted by atomic mass is 32.2. The van der Waals surface area contributed by atoms with Crippen LogP contribution < -0.4 is 0 Å². The van der Waals surface area contributed by atoms with Gasteiger partial charge in [0.05, 0.1) is 0 Å². The smallest absolute Gasteiger partial charge is 0.214 e. The first kappa shape index (κ1) is 7.98. The van der Waals surface area contributed by atoms with E-state index in [0.717, 1.165) is 5.75 Å². The van der Waals surface area contributed by atoms with Crippen molar-refractivity contribution in [3.8, 4) is 0 Å². The Kier molecular flexibility index (Phi) is 5.11. The van der Waals surface area contributed by atoms with Gasteiger partial charge in [-0.3, -0.25) is 4.79 Å². The van der Waals surface area contributed by atoms with Crippen LogP contribution in [0.5, 0.6) is 0 Å². The van der Waals surface area contributed by atoms with E-state index in [4.69, 9.17) is 0 Å². The lowest BCUT2D eigenvalue weighted by molar-refractivity contribution is -0.114. The number of carbonyl (C=O) groups is 1. The van der Waals surface area contributed by atoms with E-state index in [-0.39, 0.29) is 11.7 Å². The van der Waals surface area contributed by atoms with Crippen LogP contribution in [0, 0.1) is 0 Å². The first-order chi connectivity index (χ1) is 3.81. The summed E-state index contributed by atoms with van der Waals surface area (Å²) in [6, 6.07) is 0. The van der Waals surface area contributed by atoms with Crippen LogP contribution in [-0.4, -0.2) is 24.6 Å². The third-order valence-corrected chi connectivity index (χ3v) is 1.30. The van der Waals surface area contributed by atoms with Gasteiger partial charge in [-0.2, -0.15) is 0 Å². The highest BCUT2D eigenvalue weighted by Gasteiger charge is 1.96. The summed E-state index contributed by atoms with van der Waals surface area (Å²) in [7, 11) is 1.52. The number of hydrogen-bond donors (Lipinski definition) is 0. The van der Waals surface area contributed by atoms with Gasteiger partial charge in [0, 0.05) is 7.11 Å². The Morgan fingerprint density at radius 2 is 2.38 bits per heavy atom. The third-order valence-electron chi connectivity index (χ3n) is 0.568. The van der Waals surface area contributed by atoms with Gasteiger partial charge in [-0.15, -0.1) is 0 Å². The van der Waals surface area contributed by atoms with Crippen molar-refractivity contribution >= 4 is 16.9 Å². The summed E-state index contributed by atoms with van der Waals surface area (Å²) in [5.41, 5.74) is 0. The van der Waals surface area contributed by atoms with Crippen LogP contribution in [0.2, 0.25) is 0 Å². The average molecular weight is 134 g/mol. The predicted molar refractivity (Wildman–Crippen MR) is 35.0 cm³/mol. The summed E-state index contributed by atoms with van der Waals surface area (Å²) < 4.78 is 4.59. The number of thioether (sulfide) groups is 1. The highest BCUT2D eigenvalue weighted by Crippen LogP contribution is 1.98. The van der Waals surface area contributed by atoms with E-state index < -0.39 is 0 Å². The van der Waals surface area contributed by atoms with E-state index in [1.807, 2.05) is 6.92 Å². The Hall–Kier alpha value is -0.0200. The molecule has 0 aromatic rings. The van der Waals surface area contributed by atoms with Gasteiger partial charge in [0.1, 0.15) is 6.61 Å². The Morgan fingerprint density at radius 3 is 2.75 bits per heavy atom. The maximum Gasteiger partial charge on any atom is 0.214 e. The van der Waals surface area contributed by atoms with Gasteiger partial charge in [0.2, 0.25) is 5.12 Å². The molecule has 0 aliphatic rings. The van der Waals surface area contributed by atoms with E-state index in [2.05, 4.69) is 4.74 Å². The van der Waals surface area contributed by atoms with Crippen LogP contribution in [0.25, 0.3) is 0 Å². The van der Waals surface area contributed by atoms with Crippen molar-refractivity contribution in [2.24, 2.45) is 0 Å². The Bertz CT molecular complexity index is 64.8. The number of carbonyl (C=O) groups excluding carboxylic acids is 1. The summed E-state index contributed by atoms with van der Waals surface area (Å²) in [6.45, 7) is 2.18. The molecular formula is C5H10O2S. The minimum Gasteiger partial charge on any atom is -0.376 e. The molecule has 2 nitrogen and oxygen atoms in total. The first-order valence-corrected chi connectivity index (χ1v) is 3.44. The summed E-state index contributed by atoms with van der Waals surface area (Å²) in [5, 5.41) is 0.106. The van der Waals surface area contributed by atoms with Crippen LogP contribution >= 0.6 is 11.8 Å². The monoisotopic (exact) mass is 134 g/mol. The van der Waals surface area contributed by atoms with Crippen LogP contribution in [0.15, 0.2) is 0 Å². The quantitative estimate of drug-likeness (QED) is 0.574. The largest absolute Gasteiger partial charge is 0.376 e. The Labute approximate surface area is 53.6 Å². The second kappa shape index (κ2) is 5.12. The summed E-state index contributed by atoms with van der Waals surface area (Å²) in [4.78, 5) is 10.5. The molecule has 0 aliphatic carbocycles. The summed E-state index contributed by atoms with van der Waals surface area (Å²) in [6.07, 6.45) is 0. The first-order valence-electron chi connectivity index (χ1n) is 2.45. The zero-order valence-electron chi connectivity index (χ0n) is 5.14. The van der Waals surface area contributed by atoms with Crippen LogP contribution in [0.3, 0.4) is 0 Å². The lowest BCUT2D eigenvalue weighted by Crippen LogP contribution is -2.00. The van der Waals surface area contributed by atoms with E-state index in [1.54, 1.807) is 0 Å². The fraction of sp³-hybridized carbons (Fsp3) is 0.800. The predicted octanol–water partition coefficient (Wildman–Crippen LogP) is 0.912. The van der Waals surface area contributed by atoms with Crippen molar-refractivity contribution in [2.75, 3.05) is 19.5 Å². The minimum absolute atomic E-state index is 0.106. The topological polar surface area (TPSA) is 26.3 Å². The van der Waals surface area contributed by atoms with E-state index >= 15 is 0 Å². The van der Waals surface area contributed by atoms with Gasteiger partial charge in [0.25, 0.3) is 0 Å². The van der Waals surface area contributed by atoms with Crippen molar-refractivity contribution in [2.45, 2.75) is 6.92 Å². The molecule has 0 aliphatic heterocycles. The molecule has 0 spiro atoms. The van der Waals surface area contributed by atoms with Gasteiger partial charge >= 0.3 is 0 Å². The lowest BCUT2D eigenvalue weighted by atomic mass is 10.8. The molecule has 0 atom stereocenters. The zero-order valence-corrected chi connectivity index (χ0v) is 5.96. The molecule has 0 aromatic heterocycles. The highest BCUT2D eigenvalue weighted by molar-refractivity contribution is 8.13. The molecule has 0 saturated heterocycles. The molecule has 0 heterocycles. The van der Waals surface area contributed by atoms with Crippen LogP contribution in [0.1, 0.15) is 6.92 Å². The number of hydrogen-bond acceptors (Lipinski definition) is 3. The lowest BCUT2D eigenvalue weighted by Gasteiger charge is -1.92. The van der Waals surface area contributed by atoms with Gasteiger partial charge < -0.3 is 4.74 Å². The van der Waals surface area contributed by atoms with E-state index in [1.165, 1.54) is 18.9 Å². The molecule has 0 fully saturated rings. The van der Waals surface area contributed by atoms with E-state index in [9.17, 15) is 4.79 Å². The molecule has 0 unspecified atom stereocenters. The molecule has 0 aromatic carbocycles. The van der Waals surface area contributed by atoms with Crippen LogP contribution in [-0.2, 0) is 9.53 Å². The summed E-state index contributed by atoms with van der Waals surface area (Å²) in [5.74, 6) is 0.836. The van der Waals surface area contributed by atoms with Crippen molar-refractivity contribution in [1.29, 1.82) is 0 Å². The van der Waals surface area contributed by atoms with E-state index in [0.29, 0.717) is 0 Å². The molecule has 48 valence electrons. The SMILES string of the molecule is CCSC(=O)COC. The van der Waals surface area contributed by atoms with Crippen LogP contribution in [0.4, 0.5) is 0 Å². The van der Waals surface area contributed by atoms with Gasteiger partial charge in [0.15, 0.2) is 0 Å². The number of methoxy groups -OCH3 is 1. The van der Waals surface area contributed by atoms with Crippen molar-refractivity contribution in [1.82, 2.24) is 0 Å². The Balaban J connectivity index is 3.06. The zero-order chi connectivity index (χ0) is 6.41. The minimum atomic E-state index is 0.106. The summed E-state index contributed by atoms with van der Waals surface area (Å²) >= 11 is 1.29. The molecule has 0 bridgehead atoms. The Morgan fingerprint density at radius 1 is 1.75 bits per heavy atom. The fourth-order valence-electron chi connectivity index (χ4n) is 0.321. The van der Waals surface area contributed by atoms with Gasteiger partial charge in [-0.1, -0.05) is 18.7 Å². The molecule has 0 rings (SSSR count). The molecule has 0 N–H and O–H groups in total. The van der Waals surface area contributed by atoms with Crippen molar-refractivity contribution in [3.63, 3.8) is 0 Å². The van der Waals surface area contributed by atoms with Gasteiger partial charge in [-0.25, -0.2) is 0 Å². The second-order valence-corrected chi connectivity index (χ2v) is 2.56. The molecular weight excluding hydrogens is 124 g/mol. The average Bonchev–Trinajstić information content (AvgIpc) is 1.68. The van der Waals surface area contributed by atoms with Crippen molar-refractivity contribution < 1.29 is 9.53 Å². The maximum absolute atomic E-state index is 10.5. The second-order valence-electron chi connectivity index (χ2n) is 1.24. The number of ether oxygens (including phenoxy) is 1. The maximum atomic E-state index is 10.5. The molecule has 0 radical (unpaired) electrons.